The van der Waals surface area contributed by atoms with E-state index in [1.165, 1.54) is 70.3 Å². The van der Waals surface area contributed by atoms with Crippen molar-refractivity contribution < 1.29 is 188 Å². The topological polar surface area (TPSA) is 133 Å². The van der Waals surface area contributed by atoms with E-state index < -0.39 is 20.8 Å². The number of allylic oxidation sites excluding steroid dienone is 1. The predicted molar refractivity (Wildman–Crippen MR) is 102 cm³/mol. The van der Waals surface area contributed by atoms with Gasteiger partial charge in [0.1, 0.15) is 0 Å². The number of hydrogen-bond acceptors (Lipinski definition) is 7. The van der Waals surface area contributed by atoms with Gasteiger partial charge in [-0.3, -0.25) is 4.57 Å². The van der Waals surface area contributed by atoms with Crippen LogP contribution in [0.2, 0.25) is 0 Å². The molecular formula is C18H35K3O7P2. The number of unbranched alkanes of at least 4 members (excludes halogenated alkanes) is 13. The Morgan fingerprint density at radius 2 is 1.13 bits per heavy atom. The molecule has 0 fully saturated rings. The van der Waals surface area contributed by atoms with Gasteiger partial charge in [-0.05, 0) is 26.5 Å². The van der Waals surface area contributed by atoms with Crippen LogP contribution in [0.5, 0.6) is 0 Å². The van der Waals surface area contributed by atoms with Gasteiger partial charge in [0, 0.05) is 0 Å². The van der Waals surface area contributed by atoms with E-state index in [4.69, 9.17) is 5.11 Å². The van der Waals surface area contributed by atoms with Gasteiger partial charge in [0.2, 0.25) is 7.60 Å². The average molecular weight is 543 g/mol. The van der Waals surface area contributed by atoms with Crippen molar-refractivity contribution in [2.75, 3.05) is 0 Å². The van der Waals surface area contributed by atoms with E-state index in [1.54, 1.807) is 0 Å². The zero-order valence-electron chi connectivity index (χ0n) is 19.4. The van der Waals surface area contributed by atoms with Crippen molar-refractivity contribution in [3.05, 3.63) is 12.3 Å². The largest absolute Gasteiger partial charge is 1.00 e. The second kappa shape index (κ2) is 26.8. The zero-order chi connectivity index (χ0) is 20.6. The maximum atomic E-state index is 11.3. The van der Waals surface area contributed by atoms with Gasteiger partial charge in [-0.15, -0.1) is 0 Å². The van der Waals surface area contributed by atoms with Gasteiger partial charge < -0.3 is 28.9 Å². The fourth-order valence-electron chi connectivity index (χ4n) is 2.70. The normalized spacial score (nSPS) is 14.2. The first kappa shape index (κ1) is 41.9. The first-order valence-electron chi connectivity index (χ1n) is 10.1. The molecule has 7 nitrogen and oxygen atoms in total. The van der Waals surface area contributed by atoms with Gasteiger partial charge in [-0.2, -0.15) is 0 Å². The molecule has 0 spiro atoms. The number of aliphatic hydroxyl groups excluding tert-OH is 1. The molecule has 0 heterocycles. The van der Waals surface area contributed by atoms with E-state index in [0.29, 0.717) is 6.42 Å². The summed E-state index contributed by atoms with van der Waals surface area (Å²) in [5.41, 5.74) is -3.05. The fraction of sp³-hybridized carbons (Fsp3) is 0.889. The van der Waals surface area contributed by atoms with Crippen molar-refractivity contribution in [1.82, 2.24) is 0 Å². The summed E-state index contributed by atoms with van der Waals surface area (Å²) in [5, 5.41) is 8.92. The molecule has 0 saturated heterocycles. The van der Waals surface area contributed by atoms with Gasteiger partial charge in [0.25, 0.3) is 0 Å². The predicted octanol–water partition coefficient (Wildman–Crippen LogP) is -5.25. The van der Waals surface area contributed by atoms with Crippen LogP contribution in [-0.4, -0.2) is 10.7 Å². The Balaban J connectivity index is -0.00000113. The number of hydrogen-bond donors (Lipinski definition) is 1. The summed E-state index contributed by atoms with van der Waals surface area (Å²) in [6.45, 7) is 2.23. The third-order valence-corrected chi connectivity index (χ3v) is 7.59. The zero-order valence-corrected chi connectivity index (χ0v) is 30.6. The Morgan fingerprint density at radius 3 is 1.50 bits per heavy atom. The molecule has 0 bridgehead atoms. The summed E-state index contributed by atoms with van der Waals surface area (Å²) >= 11 is 0. The molecule has 2 unspecified atom stereocenters. The second-order valence-corrected chi connectivity index (χ2v) is 10.7. The summed E-state index contributed by atoms with van der Waals surface area (Å²) in [5.74, 6) is 0. The Morgan fingerprint density at radius 1 is 0.767 bits per heavy atom. The van der Waals surface area contributed by atoms with Crippen molar-refractivity contribution in [1.29, 1.82) is 0 Å². The summed E-state index contributed by atoms with van der Waals surface area (Å²) < 4.78 is 26.0. The molecule has 0 saturated carbocycles. The van der Waals surface area contributed by atoms with Crippen LogP contribution >= 0.6 is 15.2 Å². The van der Waals surface area contributed by atoms with E-state index in [-0.39, 0.29) is 154 Å². The minimum Gasteiger partial charge on any atom is -0.809 e. The molecule has 12 heteroatoms. The molecule has 1 N–H and O–H groups in total. The summed E-state index contributed by atoms with van der Waals surface area (Å²) in [7, 11) is -10.8. The van der Waals surface area contributed by atoms with Crippen LogP contribution in [0.4, 0.5) is 0 Å². The van der Waals surface area contributed by atoms with Crippen molar-refractivity contribution in [3.8, 4) is 0 Å². The Labute approximate surface area is 310 Å². The van der Waals surface area contributed by atoms with Crippen molar-refractivity contribution >= 4 is 15.2 Å². The monoisotopic (exact) mass is 542 g/mol. The van der Waals surface area contributed by atoms with Crippen LogP contribution in [0.3, 0.4) is 0 Å². The van der Waals surface area contributed by atoms with Crippen molar-refractivity contribution in [3.63, 3.8) is 0 Å². The minimum absolute atomic E-state index is 0. The third-order valence-electron chi connectivity index (χ3n) is 4.34. The van der Waals surface area contributed by atoms with Gasteiger partial charge in [-0.1, -0.05) is 84.0 Å². The third kappa shape index (κ3) is 25.8. The van der Waals surface area contributed by atoms with Crippen LogP contribution in [0.25, 0.3) is 0 Å². The van der Waals surface area contributed by atoms with Crippen LogP contribution in [-0.2, 0) is 13.7 Å². The summed E-state index contributed by atoms with van der Waals surface area (Å²) in [6.07, 6.45) is 18.9. The fourth-order valence-corrected chi connectivity index (χ4v) is 4.62. The Kier molecular flexibility index (Phi) is 37.4. The summed E-state index contributed by atoms with van der Waals surface area (Å²) in [4.78, 5) is 32.2. The van der Waals surface area contributed by atoms with E-state index in [2.05, 4.69) is 11.4 Å². The number of aliphatic hydroxyl groups is 1. The Hall–Kier alpha value is 4.75. The van der Waals surface area contributed by atoms with E-state index in [0.717, 1.165) is 25.5 Å². The van der Waals surface area contributed by atoms with Crippen LogP contribution in [0.1, 0.15) is 96.8 Å². The van der Waals surface area contributed by atoms with Crippen LogP contribution in [0, 0.1) is 0 Å². The van der Waals surface area contributed by atoms with Crippen LogP contribution < -0.4 is 169 Å². The maximum absolute atomic E-state index is 11.3. The van der Waals surface area contributed by atoms with Gasteiger partial charge in [-0.25, -0.2) is 0 Å². The molecule has 30 heavy (non-hydrogen) atoms. The molecule has 0 aromatic heterocycles. The van der Waals surface area contributed by atoms with Crippen molar-refractivity contribution in [2.24, 2.45) is 0 Å². The van der Waals surface area contributed by atoms with Crippen molar-refractivity contribution in [2.45, 2.75) is 102 Å². The molecule has 2 atom stereocenters. The first-order chi connectivity index (χ1) is 12.7. The van der Waals surface area contributed by atoms with E-state index >= 15 is 0 Å². The second-order valence-electron chi connectivity index (χ2n) is 6.93. The van der Waals surface area contributed by atoms with Gasteiger partial charge in [0.15, 0.2) is 5.59 Å². The quantitative estimate of drug-likeness (QED) is 0.0792. The van der Waals surface area contributed by atoms with E-state index in [1.807, 2.05) is 0 Å². The van der Waals surface area contributed by atoms with Crippen LogP contribution in [0.15, 0.2) is 12.3 Å². The molecule has 0 rings (SSSR count). The molecule has 0 aliphatic carbocycles. The minimum atomic E-state index is -5.65. The average Bonchev–Trinajstić information content (AvgIpc) is 2.60. The summed E-state index contributed by atoms with van der Waals surface area (Å²) in [6, 6.07) is 0. The molecule has 0 amide bonds. The molecule has 0 aliphatic heterocycles. The van der Waals surface area contributed by atoms with E-state index in [9.17, 15) is 23.8 Å². The Bertz CT molecular complexity index is 490. The molecule has 162 valence electrons. The molecule has 0 radical (unpaired) electrons. The van der Waals surface area contributed by atoms with Gasteiger partial charge >= 0.3 is 154 Å². The SMILES string of the molecule is CCCCCCCCCCCCCCCC=COP(=O)([O-])C(O)P(=O)([O-])[O-].[K+].[K+].[K+]. The smallest absolute Gasteiger partial charge is 0.809 e. The molecule has 0 aromatic rings. The molecular weight excluding hydrogens is 507 g/mol. The standard InChI is InChI=1S/C18H38O7P2.3K/c1-2-3-4-5-6-7-8-9-10-11-12-13-14-15-16-17-25-27(23,24)18(19)26(20,21)22;;;/h16-19H,2-15H2,1H3,(H,23,24)(H2,20,21,22);;;/q;3*+1/p-3. The first-order valence-corrected chi connectivity index (χ1v) is 13.3. The molecule has 0 aromatic carbocycles. The molecule has 0 aliphatic rings. The van der Waals surface area contributed by atoms with Gasteiger partial charge in [0.05, 0.1) is 6.26 Å². The number of rotatable bonds is 18. The maximum Gasteiger partial charge on any atom is 1.00 e.